The maximum atomic E-state index is 12.7. The maximum Gasteiger partial charge on any atom is 0.308 e. The molecule has 0 bridgehead atoms. The number of rotatable bonds is 12. The molecule has 1 saturated carbocycles. The summed E-state index contributed by atoms with van der Waals surface area (Å²) in [7, 11) is 0. The molecule has 2 atom stereocenters. The fraction of sp³-hybridized carbons (Fsp3) is 0.471. The van der Waals surface area contributed by atoms with Gasteiger partial charge >= 0.3 is 23.9 Å². The third-order valence-electron chi connectivity index (χ3n) is 7.52. The topological polar surface area (TPSA) is 146 Å². The van der Waals surface area contributed by atoms with Crippen LogP contribution >= 0.6 is 0 Å². The number of hydrogen-bond acceptors (Lipinski definition) is 10. The number of nitrogens with zero attached hydrogens (tertiary/aromatic N) is 2. The molecule has 0 aromatic heterocycles. The Kier molecular flexibility index (Phi) is 12.8. The zero-order valence-electron chi connectivity index (χ0n) is 27.3. The minimum Gasteiger partial charge on any atom is -0.423 e. The summed E-state index contributed by atoms with van der Waals surface area (Å²) in [6.45, 7) is 9.61. The summed E-state index contributed by atoms with van der Waals surface area (Å²) in [4.78, 5) is 75.0. The van der Waals surface area contributed by atoms with E-state index in [2.05, 4.69) is 0 Å². The molecule has 12 nitrogen and oxygen atoms in total. The summed E-state index contributed by atoms with van der Waals surface area (Å²) < 4.78 is 20.8. The van der Waals surface area contributed by atoms with Gasteiger partial charge in [-0.2, -0.15) is 0 Å². The van der Waals surface area contributed by atoms with Gasteiger partial charge in [0, 0.05) is 67.7 Å². The van der Waals surface area contributed by atoms with E-state index in [0.717, 1.165) is 25.7 Å². The minimum absolute atomic E-state index is 0.103. The van der Waals surface area contributed by atoms with Crippen molar-refractivity contribution < 1.29 is 47.7 Å². The normalized spacial score (nSPS) is 15.7. The van der Waals surface area contributed by atoms with Crippen LogP contribution < -0.4 is 18.9 Å². The van der Waals surface area contributed by atoms with Crippen LogP contribution in [0.1, 0.15) is 78.4 Å². The van der Waals surface area contributed by atoms with E-state index < -0.39 is 23.9 Å². The third kappa shape index (κ3) is 11.3. The van der Waals surface area contributed by atoms with Crippen LogP contribution in [-0.2, 0) is 41.9 Å². The number of benzene rings is 2. The number of amides is 2. The van der Waals surface area contributed by atoms with Crippen molar-refractivity contribution in [2.24, 2.45) is 11.8 Å². The van der Waals surface area contributed by atoms with Crippen LogP contribution in [0.3, 0.4) is 0 Å². The molecule has 2 unspecified atom stereocenters. The Morgan fingerprint density at radius 3 is 1.24 bits per heavy atom. The molecule has 248 valence electrons. The van der Waals surface area contributed by atoms with Crippen molar-refractivity contribution in [3.05, 3.63) is 47.5 Å². The first-order chi connectivity index (χ1) is 21.7. The van der Waals surface area contributed by atoms with Gasteiger partial charge in [-0.1, -0.05) is 18.6 Å². The molecule has 46 heavy (non-hydrogen) atoms. The lowest BCUT2D eigenvalue weighted by molar-refractivity contribution is -0.134. The molecular weight excluding hydrogens is 596 g/mol. The first-order valence-corrected chi connectivity index (χ1v) is 15.2. The Morgan fingerprint density at radius 1 is 0.565 bits per heavy atom. The van der Waals surface area contributed by atoms with Crippen molar-refractivity contribution in [2.75, 3.05) is 13.1 Å². The summed E-state index contributed by atoms with van der Waals surface area (Å²) in [5.41, 5.74) is 1.43. The second-order valence-corrected chi connectivity index (χ2v) is 11.6. The van der Waals surface area contributed by atoms with Gasteiger partial charge in [-0.05, 0) is 66.5 Å². The van der Waals surface area contributed by atoms with Gasteiger partial charge in [-0.3, -0.25) is 28.8 Å². The summed E-state index contributed by atoms with van der Waals surface area (Å²) >= 11 is 0. The van der Waals surface area contributed by atoms with Crippen molar-refractivity contribution in [3.63, 3.8) is 0 Å². The molecule has 3 rings (SSSR count). The smallest absolute Gasteiger partial charge is 0.308 e. The van der Waals surface area contributed by atoms with Gasteiger partial charge in [-0.15, -0.1) is 0 Å². The average Bonchev–Trinajstić information content (AvgIpc) is 2.94. The quantitative estimate of drug-likeness (QED) is 0.239. The van der Waals surface area contributed by atoms with E-state index in [1.54, 1.807) is 46.2 Å². The number of ether oxygens (including phenoxy) is 4. The molecule has 0 saturated heterocycles. The van der Waals surface area contributed by atoms with E-state index in [1.165, 1.54) is 41.5 Å². The van der Waals surface area contributed by atoms with Gasteiger partial charge in [0.25, 0.3) is 0 Å². The van der Waals surface area contributed by atoms with Gasteiger partial charge in [-0.25, -0.2) is 0 Å². The van der Waals surface area contributed by atoms with Gasteiger partial charge in [0.05, 0.1) is 0 Å². The largest absolute Gasteiger partial charge is 0.423 e. The van der Waals surface area contributed by atoms with E-state index in [-0.39, 0.29) is 59.7 Å². The predicted molar refractivity (Wildman–Crippen MR) is 166 cm³/mol. The zero-order chi connectivity index (χ0) is 34.0. The molecule has 2 aromatic carbocycles. The Hall–Kier alpha value is -4.74. The first kappa shape index (κ1) is 35.7. The van der Waals surface area contributed by atoms with Crippen LogP contribution in [0.4, 0.5) is 0 Å². The van der Waals surface area contributed by atoms with Crippen LogP contribution in [0.25, 0.3) is 0 Å². The number of carbonyl (C=O) groups is 6. The van der Waals surface area contributed by atoms with Gasteiger partial charge in [0.2, 0.25) is 11.8 Å². The van der Waals surface area contributed by atoms with Crippen molar-refractivity contribution in [3.8, 4) is 23.0 Å². The highest BCUT2D eigenvalue weighted by Crippen LogP contribution is 2.34. The summed E-state index contributed by atoms with van der Waals surface area (Å²) in [5, 5.41) is 0. The van der Waals surface area contributed by atoms with Crippen molar-refractivity contribution in [2.45, 2.75) is 80.3 Å². The Labute approximate surface area is 268 Å². The molecule has 0 heterocycles. The lowest BCUT2D eigenvalue weighted by atomic mass is 9.80. The average molecular weight is 639 g/mol. The highest BCUT2D eigenvalue weighted by Gasteiger charge is 2.27. The van der Waals surface area contributed by atoms with Crippen LogP contribution in [0, 0.1) is 11.8 Å². The summed E-state index contributed by atoms with van der Waals surface area (Å²) in [6.07, 6.45) is 3.65. The van der Waals surface area contributed by atoms with Gasteiger partial charge in [0.15, 0.2) is 23.0 Å². The molecule has 1 aliphatic carbocycles. The van der Waals surface area contributed by atoms with Crippen LogP contribution in [0.15, 0.2) is 36.4 Å². The van der Waals surface area contributed by atoms with Crippen LogP contribution in [0.5, 0.6) is 23.0 Å². The molecule has 1 aliphatic rings. The molecule has 0 N–H and O–H groups in total. The van der Waals surface area contributed by atoms with Crippen molar-refractivity contribution >= 4 is 35.7 Å². The summed E-state index contributed by atoms with van der Waals surface area (Å²) in [5.74, 6) is -1.57. The molecule has 0 spiro atoms. The van der Waals surface area contributed by atoms with E-state index >= 15 is 0 Å². The molecule has 1 fully saturated rings. The Morgan fingerprint density at radius 2 is 0.913 bits per heavy atom. The van der Waals surface area contributed by atoms with E-state index in [4.69, 9.17) is 18.9 Å². The molecule has 12 heteroatoms. The number of carbonyl (C=O) groups excluding carboxylic acids is 6. The number of esters is 4. The molecule has 0 radical (unpaired) electrons. The SMILES string of the molecule is CC(=O)Oc1ccc(CN(CC2CCCC(CN(Cc3ccc(OC(C)=O)c(OC(C)=O)c3)C(C)=O)C2)C(C)=O)cc1OC(C)=O. The molecule has 2 amide bonds. The molecule has 2 aromatic rings. The second-order valence-electron chi connectivity index (χ2n) is 11.6. The van der Waals surface area contributed by atoms with E-state index in [1.807, 2.05) is 0 Å². The van der Waals surface area contributed by atoms with E-state index in [0.29, 0.717) is 24.2 Å². The van der Waals surface area contributed by atoms with Crippen LogP contribution in [-0.4, -0.2) is 58.6 Å². The van der Waals surface area contributed by atoms with Crippen LogP contribution in [0.2, 0.25) is 0 Å². The summed E-state index contributed by atoms with van der Waals surface area (Å²) in [6, 6.07) is 9.71. The standard InChI is InChI=1S/C34H42N2O10/c1-21(37)35(19-29-10-12-31(43-23(3)39)33(15-29)45-25(5)41)17-27-8-7-9-28(14-27)18-36(22(2)38)20-30-11-13-32(44-24(4)40)34(16-30)46-26(6)42/h10-13,15-16,27-28H,7-9,14,17-20H2,1-6H3. The third-order valence-corrected chi connectivity index (χ3v) is 7.52. The van der Waals surface area contributed by atoms with Gasteiger partial charge in [0.1, 0.15) is 0 Å². The fourth-order valence-corrected chi connectivity index (χ4v) is 5.66. The van der Waals surface area contributed by atoms with Crippen molar-refractivity contribution in [1.29, 1.82) is 0 Å². The lowest BCUT2D eigenvalue weighted by Crippen LogP contribution is -2.38. The Balaban J connectivity index is 1.69. The maximum absolute atomic E-state index is 12.7. The predicted octanol–water partition coefficient (Wildman–Crippen LogP) is 4.59. The Bertz CT molecular complexity index is 1360. The van der Waals surface area contributed by atoms with E-state index in [9.17, 15) is 28.8 Å². The lowest BCUT2D eigenvalue weighted by Gasteiger charge is -2.35. The molecular formula is C34H42N2O10. The highest BCUT2D eigenvalue weighted by molar-refractivity contribution is 5.76. The zero-order valence-corrected chi connectivity index (χ0v) is 27.3. The van der Waals surface area contributed by atoms with Gasteiger partial charge < -0.3 is 28.7 Å². The fourth-order valence-electron chi connectivity index (χ4n) is 5.66. The van der Waals surface area contributed by atoms with Crippen molar-refractivity contribution in [1.82, 2.24) is 9.80 Å². The molecule has 0 aliphatic heterocycles. The highest BCUT2D eigenvalue weighted by atomic mass is 16.6. The second kappa shape index (κ2) is 16.5. The monoisotopic (exact) mass is 638 g/mol. The minimum atomic E-state index is -0.564. The first-order valence-electron chi connectivity index (χ1n) is 15.2. The number of hydrogen-bond donors (Lipinski definition) is 0.